The van der Waals surface area contributed by atoms with Crippen molar-refractivity contribution in [2.24, 2.45) is 0 Å². The molecule has 1 heterocycles. The average Bonchev–Trinajstić information content (AvgIpc) is 2.84. The van der Waals surface area contributed by atoms with Crippen molar-refractivity contribution in [3.05, 3.63) is 63.9 Å². The van der Waals surface area contributed by atoms with Crippen LogP contribution in [0.4, 0.5) is 0 Å². The average molecular weight is 287 g/mol. The lowest BCUT2D eigenvalue weighted by molar-refractivity contribution is -0.131. The first-order valence-corrected chi connectivity index (χ1v) is 7.23. The molecule has 0 unspecified atom stereocenters. The van der Waals surface area contributed by atoms with Gasteiger partial charge in [-0.25, -0.2) is 4.79 Å². The van der Waals surface area contributed by atoms with E-state index in [0.29, 0.717) is 0 Å². The standard InChI is InChI=1S/C16H17NO2S/c1-17(11-13-5-3-2-4-6-13)12-15-14(9-10-20-15)7-8-16(18)19/h2-10H,11-12H2,1H3,(H,18,19). The van der Waals surface area contributed by atoms with E-state index in [1.54, 1.807) is 17.4 Å². The van der Waals surface area contributed by atoms with Crippen LogP contribution in [0.25, 0.3) is 6.08 Å². The van der Waals surface area contributed by atoms with E-state index < -0.39 is 5.97 Å². The Kier molecular flexibility index (Phi) is 5.09. The zero-order chi connectivity index (χ0) is 14.4. The highest BCUT2D eigenvalue weighted by Gasteiger charge is 2.06. The second-order valence-electron chi connectivity index (χ2n) is 4.63. The van der Waals surface area contributed by atoms with Crippen molar-refractivity contribution in [1.29, 1.82) is 0 Å². The summed E-state index contributed by atoms with van der Waals surface area (Å²) in [5.41, 5.74) is 2.26. The van der Waals surface area contributed by atoms with Crippen LogP contribution in [0, 0.1) is 0 Å². The van der Waals surface area contributed by atoms with Crippen molar-refractivity contribution in [2.45, 2.75) is 13.1 Å². The van der Waals surface area contributed by atoms with Crippen molar-refractivity contribution in [1.82, 2.24) is 4.90 Å². The van der Waals surface area contributed by atoms with Crippen LogP contribution in [0.15, 0.2) is 47.9 Å². The predicted molar refractivity (Wildman–Crippen MR) is 82.6 cm³/mol. The molecule has 0 spiro atoms. The fraction of sp³-hybridized carbons (Fsp3) is 0.188. The van der Waals surface area contributed by atoms with E-state index in [9.17, 15) is 4.79 Å². The van der Waals surface area contributed by atoms with Crippen LogP contribution in [0.2, 0.25) is 0 Å². The van der Waals surface area contributed by atoms with Crippen LogP contribution in [0.3, 0.4) is 0 Å². The Hall–Kier alpha value is -1.91. The first kappa shape index (κ1) is 14.5. The first-order chi connectivity index (χ1) is 9.65. The van der Waals surface area contributed by atoms with Gasteiger partial charge in [-0.15, -0.1) is 11.3 Å². The number of hydrogen-bond acceptors (Lipinski definition) is 3. The Labute approximate surface area is 122 Å². The minimum absolute atomic E-state index is 0.811. The van der Waals surface area contributed by atoms with Crippen molar-refractivity contribution in [2.75, 3.05) is 7.05 Å². The molecule has 104 valence electrons. The minimum atomic E-state index is -0.917. The number of carbonyl (C=O) groups is 1. The van der Waals surface area contributed by atoms with E-state index in [1.165, 1.54) is 16.5 Å². The van der Waals surface area contributed by atoms with Gasteiger partial charge in [-0.05, 0) is 35.7 Å². The van der Waals surface area contributed by atoms with Gasteiger partial charge in [0.25, 0.3) is 0 Å². The number of rotatable bonds is 6. The molecule has 2 aromatic rings. The molecule has 1 aromatic heterocycles. The number of aliphatic carboxylic acids is 1. The van der Waals surface area contributed by atoms with E-state index in [4.69, 9.17) is 5.11 Å². The lowest BCUT2D eigenvalue weighted by atomic mass is 10.2. The first-order valence-electron chi connectivity index (χ1n) is 6.35. The maximum Gasteiger partial charge on any atom is 0.328 e. The Bertz CT molecular complexity index is 590. The lowest BCUT2D eigenvalue weighted by Gasteiger charge is -2.16. The van der Waals surface area contributed by atoms with E-state index in [0.717, 1.165) is 18.7 Å². The summed E-state index contributed by atoms with van der Waals surface area (Å²) < 4.78 is 0. The van der Waals surface area contributed by atoms with Crippen LogP contribution < -0.4 is 0 Å². The topological polar surface area (TPSA) is 40.5 Å². The SMILES string of the molecule is CN(Cc1ccccc1)Cc1sccc1C=CC(=O)O. The molecule has 2 rings (SSSR count). The fourth-order valence-electron chi connectivity index (χ4n) is 1.98. The molecule has 0 atom stereocenters. The molecule has 0 aliphatic rings. The number of thiophene rings is 1. The van der Waals surface area contributed by atoms with Gasteiger partial charge in [0.2, 0.25) is 0 Å². The number of nitrogens with zero attached hydrogens (tertiary/aromatic N) is 1. The second-order valence-corrected chi connectivity index (χ2v) is 5.63. The third-order valence-electron chi connectivity index (χ3n) is 2.89. The quantitative estimate of drug-likeness (QED) is 0.827. The molecule has 20 heavy (non-hydrogen) atoms. The number of hydrogen-bond donors (Lipinski definition) is 1. The Morgan fingerprint density at radius 3 is 2.70 bits per heavy atom. The molecule has 3 nitrogen and oxygen atoms in total. The maximum atomic E-state index is 10.6. The fourth-order valence-corrected chi connectivity index (χ4v) is 2.93. The Balaban J connectivity index is 1.99. The van der Waals surface area contributed by atoms with E-state index in [2.05, 4.69) is 24.1 Å². The Morgan fingerprint density at radius 2 is 2.00 bits per heavy atom. The van der Waals surface area contributed by atoms with Crippen LogP contribution in [-0.2, 0) is 17.9 Å². The molecule has 1 aromatic carbocycles. The van der Waals surface area contributed by atoms with Crippen LogP contribution >= 0.6 is 11.3 Å². The lowest BCUT2D eigenvalue weighted by Crippen LogP contribution is -2.16. The molecule has 0 saturated heterocycles. The molecule has 0 amide bonds. The number of benzene rings is 1. The van der Waals surface area contributed by atoms with Gasteiger partial charge in [0.1, 0.15) is 0 Å². The second kappa shape index (κ2) is 7.03. The van der Waals surface area contributed by atoms with Crippen molar-refractivity contribution >= 4 is 23.4 Å². The summed E-state index contributed by atoms with van der Waals surface area (Å²) in [6.07, 6.45) is 2.84. The van der Waals surface area contributed by atoms with Gasteiger partial charge in [0, 0.05) is 24.0 Å². The van der Waals surface area contributed by atoms with Crippen LogP contribution in [0.5, 0.6) is 0 Å². The van der Waals surface area contributed by atoms with Gasteiger partial charge in [0.05, 0.1) is 0 Å². The van der Waals surface area contributed by atoms with E-state index in [1.807, 2.05) is 29.6 Å². The molecule has 1 N–H and O–H groups in total. The molecule has 0 fully saturated rings. The monoisotopic (exact) mass is 287 g/mol. The van der Waals surface area contributed by atoms with Gasteiger partial charge in [0.15, 0.2) is 0 Å². The summed E-state index contributed by atoms with van der Waals surface area (Å²) in [5, 5.41) is 10.7. The third-order valence-corrected chi connectivity index (χ3v) is 3.82. The summed E-state index contributed by atoms with van der Waals surface area (Å²) in [6.45, 7) is 1.69. The molecule has 0 radical (unpaired) electrons. The molecule has 4 heteroatoms. The summed E-state index contributed by atoms with van der Waals surface area (Å²) >= 11 is 1.65. The number of carboxylic acids is 1. The highest BCUT2D eigenvalue weighted by molar-refractivity contribution is 7.10. The largest absolute Gasteiger partial charge is 0.478 e. The minimum Gasteiger partial charge on any atom is -0.478 e. The zero-order valence-electron chi connectivity index (χ0n) is 11.3. The molecular weight excluding hydrogens is 270 g/mol. The van der Waals surface area contributed by atoms with Crippen molar-refractivity contribution in [3.63, 3.8) is 0 Å². The van der Waals surface area contributed by atoms with Gasteiger partial charge < -0.3 is 5.11 Å². The van der Waals surface area contributed by atoms with E-state index in [-0.39, 0.29) is 0 Å². The van der Waals surface area contributed by atoms with Crippen molar-refractivity contribution in [3.8, 4) is 0 Å². The van der Waals surface area contributed by atoms with Crippen molar-refractivity contribution < 1.29 is 9.90 Å². The molecular formula is C16H17NO2S. The molecule has 0 aliphatic heterocycles. The van der Waals surface area contributed by atoms with Gasteiger partial charge in [-0.3, -0.25) is 4.90 Å². The molecule has 0 saturated carbocycles. The summed E-state index contributed by atoms with van der Waals surface area (Å²) in [7, 11) is 2.07. The van der Waals surface area contributed by atoms with Crippen LogP contribution in [-0.4, -0.2) is 23.0 Å². The number of carboxylic acid groups (broad SMARTS) is 1. The molecule has 0 aliphatic carbocycles. The van der Waals surface area contributed by atoms with Gasteiger partial charge in [-0.1, -0.05) is 30.3 Å². The maximum absolute atomic E-state index is 10.6. The smallest absolute Gasteiger partial charge is 0.328 e. The predicted octanol–water partition coefficient (Wildman–Crippen LogP) is 3.48. The summed E-state index contributed by atoms with van der Waals surface area (Å²) in [6, 6.07) is 12.3. The summed E-state index contributed by atoms with van der Waals surface area (Å²) in [5.74, 6) is -0.917. The van der Waals surface area contributed by atoms with E-state index >= 15 is 0 Å². The molecule has 0 bridgehead atoms. The summed E-state index contributed by atoms with van der Waals surface area (Å²) in [4.78, 5) is 14.0. The Morgan fingerprint density at radius 1 is 1.25 bits per heavy atom. The van der Waals surface area contributed by atoms with Gasteiger partial charge >= 0.3 is 5.97 Å². The highest BCUT2D eigenvalue weighted by Crippen LogP contribution is 2.20. The normalized spacial score (nSPS) is 11.3. The third kappa shape index (κ3) is 4.33. The zero-order valence-corrected chi connectivity index (χ0v) is 12.1. The van der Waals surface area contributed by atoms with Crippen LogP contribution in [0.1, 0.15) is 16.0 Å². The highest BCUT2D eigenvalue weighted by atomic mass is 32.1. The van der Waals surface area contributed by atoms with Gasteiger partial charge in [-0.2, -0.15) is 0 Å².